The van der Waals surface area contributed by atoms with Crippen LogP contribution in [0.4, 0.5) is 5.69 Å². The Kier molecular flexibility index (Phi) is 6.73. The predicted octanol–water partition coefficient (Wildman–Crippen LogP) is 5.16. The van der Waals surface area contributed by atoms with Gasteiger partial charge < -0.3 is 15.0 Å². The second-order valence-corrected chi connectivity index (χ2v) is 8.46. The maximum absolute atomic E-state index is 12.7. The average molecular weight is 405 g/mol. The normalized spacial score (nSPS) is 18.2. The number of fused-ring (bicyclic) bond motifs is 1. The van der Waals surface area contributed by atoms with E-state index >= 15 is 0 Å². The van der Waals surface area contributed by atoms with E-state index in [2.05, 4.69) is 65.7 Å². The Balaban J connectivity index is 1.41. The molecule has 1 atom stereocenters. The largest absolute Gasteiger partial charge is 0.489 e. The van der Waals surface area contributed by atoms with Gasteiger partial charge in [-0.25, -0.2) is 0 Å². The predicted molar refractivity (Wildman–Crippen MR) is 122 cm³/mol. The fourth-order valence-electron chi connectivity index (χ4n) is 4.39. The lowest BCUT2D eigenvalue weighted by atomic mass is 9.97. The Bertz CT molecular complexity index is 891. The molecule has 1 N–H and O–H groups in total. The summed E-state index contributed by atoms with van der Waals surface area (Å²) in [4.78, 5) is 15.0. The number of amides is 1. The summed E-state index contributed by atoms with van der Waals surface area (Å²) in [6, 6.07) is 16.8. The molecule has 4 rings (SSSR count). The van der Waals surface area contributed by atoms with E-state index in [9.17, 15) is 4.79 Å². The molecule has 0 saturated carbocycles. The van der Waals surface area contributed by atoms with Crippen LogP contribution < -0.4 is 15.0 Å². The zero-order valence-electron chi connectivity index (χ0n) is 17.9. The highest BCUT2D eigenvalue weighted by Gasteiger charge is 2.29. The molecule has 0 spiro atoms. The lowest BCUT2D eigenvalue weighted by Crippen LogP contribution is -2.45. The molecule has 1 aliphatic heterocycles. The molecule has 0 bridgehead atoms. The molecule has 1 aliphatic carbocycles. The summed E-state index contributed by atoms with van der Waals surface area (Å²) in [5.74, 6) is 1.01. The Morgan fingerprint density at radius 1 is 1.17 bits per heavy atom. The Morgan fingerprint density at radius 3 is 2.83 bits per heavy atom. The Morgan fingerprint density at radius 2 is 2.03 bits per heavy atom. The fraction of sp³-hybridized carbons (Fsp3) is 0.423. The Labute approximate surface area is 179 Å². The molecule has 158 valence electrons. The molecule has 4 nitrogen and oxygen atoms in total. The molecule has 0 aromatic heterocycles. The monoisotopic (exact) mass is 404 g/mol. The van der Waals surface area contributed by atoms with Gasteiger partial charge in [0.15, 0.2) is 0 Å². The number of anilines is 1. The van der Waals surface area contributed by atoms with Crippen molar-refractivity contribution in [2.24, 2.45) is 0 Å². The van der Waals surface area contributed by atoms with Crippen LogP contribution in [-0.2, 0) is 11.3 Å². The summed E-state index contributed by atoms with van der Waals surface area (Å²) in [5.41, 5.74) is 4.99. The maximum Gasteiger partial charge on any atom is 0.222 e. The first-order valence-electron chi connectivity index (χ1n) is 11.2. The molecule has 1 amide bonds. The number of ether oxygens (including phenoxy) is 1. The summed E-state index contributed by atoms with van der Waals surface area (Å²) >= 11 is 0. The second-order valence-electron chi connectivity index (χ2n) is 8.46. The van der Waals surface area contributed by atoms with E-state index < -0.39 is 0 Å². The molecule has 0 fully saturated rings. The van der Waals surface area contributed by atoms with E-state index in [1.807, 2.05) is 6.07 Å². The van der Waals surface area contributed by atoms with Crippen molar-refractivity contribution in [3.05, 3.63) is 71.3 Å². The highest BCUT2D eigenvalue weighted by molar-refractivity contribution is 5.77. The number of allylic oxidation sites excluding steroid dienone is 1. The molecule has 2 aromatic rings. The minimum atomic E-state index is 0.0225. The summed E-state index contributed by atoms with van der Waals surface area (Å²) in [5, 5.41) is 3.13. The minimum absolute atomic E-state index is 0.0225. The average Bonchev–Trinajstić information content (AvgIpc) is 2.77. The summed E-state index contributed by atoms with van der Waals surface area (Å²) in [6.07, 6.45) is 8.73. The molecule has 1 heterocycles. The van der Waals surface area contributed by atoms with Gasteiger partial charge in [-0.1, -0.05) is 48.0 Å². The summed E-state index contributed by atoms with van der Waals surface area (Å²) < 4.78 is 6.05. The fourth-order valence-corrected chi connectivity index (χ4v) is 4.39. The molecule has 2 aliphatic rings. The molecule has 30 heavy (non-hydrogen) atoms. The minimum Gasteiger partial charge on any atom is -0.489 e. The third kappa shape index (κ3) is 5.24. The van der Waals surface area contributed by atoms with E-state index in [1.54, 1.807) is 0 Å². The second kappa shape index (κ2) is 9.84. The number of aryl methyl sites for hydroxylation is 1. The van der Waals surface area contributed by atoms with Gasteiger partial charge in [0.1, 0.15) is 12.4 Å². The highest BCUT2D eigenvalue weighted by Crippen LogP contribution is 2.36. The SMILES string of the molecule is Cc1ccc2c(c1)OC[C@H](CC(=O)NCCC1=CCCCC1)N2Cc1ccccc1. The molecular weight excluding hydrogens is 372 g/mol. The van der Waals surface area contributed by atoms with Gasteiger partial charge in [0, 0.05) is 13.1 Å². The molecule has 4 heteroatoms. The van der Waals surface area contributed by atoms with Crippen LogP contribution in [0.25, 0.3) is 0 Å². The lowest BCUT2D eigenvalue weighted by Gasteiger charge is -2.38. The van der Waals surface area contributed by atoms with Crippen LogP contribution >= 0.6 is 0 Å². The number of hydrogen-bond donors (Lipinski definition) is 1. The number of carbonyl (C=O) groups is 1. The van der Waals surface area contributed by atoms with E-state index in [4.69, 9.17) is 4.74 Å². The third-order valence-corrected chi connectivity index (χ3v) is 6.07. The molecule has 2 aromatic carbocycles. The Hall–Kier alpha value is -2.75. The highest BCUT2D eigenvalue weighted by atomic mass is 16.5. The maximum atomic E-state index is 12.7. The molecule has 0 unspecified atom stereocenters. The van der Waals surface area contributed by atoms with E-state index in [0.717, 1.165) is 30.9 Å². The van der Waals surface area contributed by atoms with Crippen molar-refractivity contribution < 1.29 is 9.53 Å². The molecule has 0 radical (unpaired) electrons. The lowest BCUT2D eigenvalue weighted by molar-refractivity contribution is -0.121. The first kappa shape index (κ1) is 20.5. The number of carbonyl (C=O) groups excluding carboxylic acids is 1. The first-order valence-corrected chi connectivity index (χ1v) is 11.2. The van der Waals surface area contributed by atoms with Crippen LogP contribution in [0.5, 0.6) is 5.75 Å². The third-order valence-electron chi connectivity index (χ3n) is 6.07. The quantitative estimate of drug-likeness (QED) is 0.648. The summed E-state index contributed by atoms with van der Waals surface area (Å²) in [7, 11) is 0. The van der Waals surface area contributed by atoms with Gasteiger partial charge in [-0.05, 0) is 62.3 Å². The number of hydrogen-bond acceptors (Lipinski definition) is 3. The van der Waals surface area contributed by atoms with Gasteiger partial charge in [-0.3, -0.25) is 4.79 Å². The van der Waals surface area contributed by atoms with Gasteiger partial charge >= 0.3 is 0 Å². The van der Waals surface area contributed by atoms with Crippen LogP contribution in [0.2, 0.25) is 0 Å². The van der Waals surface area contributed by atoms with E-state index in [0.29, 0.717) is 13.0 Å². The van der Waals surface area contributed by atoms with Gasteiger partial charge in [0.25, 0.3) is 0 Å². The van der Waals surface area contributed by atoms with E-state index in [-0.39, 0.29) is 11.9 Å². The molecular formula is C26H32N2O2. The topological polar surface area (TPSA) is 41.6 Å². The van der Waals surface area contributed by atoms with Crippen molar-refractivity contribution in [1.29, 1.82) is 0 Å². The number of nitrogens with one attached hydrogen (secondary N) is 1. The van der Waals surface area contributed by atoms with Crippen LogP contribution in [0, 0.1) is 6.92 Å². The van der Waals surface area contributed by atoms with Crippen molar-refractivity contribution in [2.75, 3.05) is 18.1 Å². The number of rotatable bonds is 7. The van der Waals surface area contributed by atoms with Crippen LogP contribution in [0.1, 0.15) is 49.7 Å². The van der Waals surface area contributed by atoms with Crippen molar-refractivity contribution in [3.63, 3.8) is 0 Å². The van der Waals surface area contributed by atoms with E-state index in [1.165, 1.54) is 42.4 Å². The number of benzene rings is 2. The van der Waals surface area contributed by atoms with Gasteiger partial charge in [-0.15, -0.1) is 0 Å². The van der Waals surface area contributed by atoms with Gasteiger partial charge in [0.2, 0.25) is 5.91 Å². The van der Waals surface area contributed by atoms with Gasteiger partial charge in [0.05, 0.1) is 18.2 Å². The zero-order valence-corrected chi connectivity index (χ0v) is 17.9. The van der Waals surface area contributed by atoms with Crippen LogP contribution in [0.3, 0.4) is 0 Å². The van der Waals surface area contributed by atoms with Crippen molar-refractivity contribution >= 4 is 11.6 Å². The zero-order chi connectivity index (χ0) is 20.8. The van der Waals surface area contributed by atoms with Crippen LogP contribution in [0.15, 0.2) is 60.2 Å². The van der Waals surface area contributed by atoms with Crippen molar-refractivity contribution in [1.82, 2.24) is 5.32 Å². The van der Waals surface area contributed by atoms with Crippen molar-refractivity contribution in [3.8, 4) is 5.75 Å². The number of nitrogens with zero attached hydrogens (tertiary/aromatic N) is 1. The van der Waals surface area contributed by atoms with Crippen LogP contribution in [-0.4, -0.2) is 25.1 Å². The standard InChI is InChI=1S/C26H32N2O2/c1-20-12-13-24-25(16-20)30-19-23(28(24)18-22-10-6-3-7-11-22)17-26(29)27-15-14-21-8-4-2-5-9-21/h3,6-8,10-13,16,23H,2,4-5,9,14-15,17-19H2,1H3,(H,27,29)/t23-/m0/s1. The molecule has 0 saturated heterocycles. The van der Waals surface area contributed by atoms with Gasteiger partial charge in [-0.2, -0.15) is 0 Å². The van der Waals surface area contributed by atoms with Crippen molar-refractivity contribution in [2.45, 2.75) is 58.0 Å². The first-order chi connectivity index (χ1) is 14.7. The summed E-state index contributed by atoms with van der Waals surface area (Å²) in [6.45, 7) is 4.10. The smallest absolute Gasteiger partial charge is 0.222 e.